The summed E-state index contributed by atoms with van der Waals surface area (Å²) in [5.74, 6) is 0.801. The first kappa shape index (κ1) is 24.4. The zero-order valence-electron chi connectivity index (χ0n) is 19.4. The van der Waals surface area contributed by atoms with E-state index < -0.39 is 5.54 Å². The van der Waals surface area contributed by atoms with E-state index in [1.807, 2.05) is 34.9 Å². The van der Waals surface area contributed by atoms with Gasteiger partial charge in [0.1, 0.15) is 5.54 Å². The van der Waals surface area contributed by atoms with Gasteiger partial charge in [0.05, 0.1) is 5.75 Å². The Hall–Kier alpha value is -2.71. The molecule has 34 heavy (non-hydrogen) atoms. The summed E-state index contributed by atoms with van der Waals surface area (Å²) < 4.78 is 2.03. The van der Waals surface area contributed by atoms with Gasteiger partial charge >= 0.3 is 0 Å². The van der Waals surface area contributed by atoms with Crippen LogP contribution in [0.1, 0.15) is 44.6 Å². The number of halogens is 1. The molecule has 7 nitrogen and oxygen atoms in total. The fraction of sp³-hybridized carbons (Fsp3) is 0.400. The molecule has 3 aromatic rings. The number of thioether (sulfide) groups is 1. The Morgan fingerprint density at radius 2 is 1.94 bits per heavy atom. The largest absolute Gasteiger partial charge is 0.328 e. The number of amides is 1. The van der Waals surface area contributed by atoms with Crippen LogP contribution in [0.2, 0.25) is 5.02 Å². The predicted octanol–water partition coefficient (Wildman–Crippen LogP) is 4.99. The van der Waals surface area contributed by atoms with E-state index in [-0.39, 0.29) is 17.4 Å². The molecule has 1 amide bonds. The van der Waals surface area contributed by atoms with Gasteiger partial charge in [0, 0.05) is 48.6 Å². The molecule has 2 aromatic heterocycles. The lowest BCUT2D eigenvalue weighted by molar-refractivity contribution is -0.146. The highest BCUT2D eigenvalue weighted by Crippen LogP contribution is 2.42. The maximum atomic E-state index is 13.4. The zero-order chi connectivity index (χ0) is 24.1. The molecule has 1 atom stereocenters. The Morgan fingerprint density at radius 3 is 2.65 bits per heavy atom. The van der Waals surface area contributed by atoms with Crippen molar-refractivity contribution in [2.75, 3.05) is 12.8 Å². The molecule has 0 radical (unpaired) electrons. The zero-order valence-corrected chi connectivity index (χ0v) is 21.0. The van der Waals surface area contributed by atoms with Crippen LogP contribution in [-0.4, -0.2) is 49.1 Å². The number of likely N-dealkylation sites (N-methyl/N-ethyl adjacent to an activating group) is 1. The number of aromatic nitrogens is 4. The second-order valence-corrected chi connectivity index (χ2v) is 9.76. The maximum absolute atomic E-state index is 13.4. The molecule has 1 fully saturated rings. The second kappa shape index (κ2) is 10.7. The van der Waals surface area contributed by atoms with Crippen LogP contribution in [-0.2, 0) is 21.7 Å². The van der Waals surface area contributed by atoms with Crippen LogP contribution >= 0.6 is 23.4 Å². The first-order valence-corrected chi connectivity index (χ1v) is 12.9. The number of hydrogen-bond donors (Lipinski definition) is 0. The summed E-state index contributed by atoms with van der Waals surface area (Å²) in [6, 6.07) is 11.1. The Kier molecular flexibility index (Phi) is 7.68. The molecular weight excluding hydrogens is 470 g/mol. The number of nitrogens with zero attached hydrogens (tertiary/aromatic N) is 5. The summed E-state index contributed by atoms with van der Waals surface area (Å²) in [7, 11) is 1.72. The van der Waals surface area contributed by atoms with E-state index in [0.29, 0.717) is 28.6 Å². The van der Waals surface area contributed by atoms with Crippen molar-refractivity contribution in [2.24, 2.45) is 0 Å². The Morgan fingerprint density at radius 1 is 1.18 bits per heavy atom. The van der Waals surface area contributed by atoms with Gasteiger partial charge < -0.3 is 9.47 Å². The van der Waals surface area contributed by atoms with Crippen molar-refractivity contribution >= 4 is 35.1 Å². The van der Waals surface area contributed by atoms with E-state index in [2.05, 4.69) is 22.1 Å². The summed E-state index contributed by atoms with van der Waals surface area (Å²) in [5, 5.41) is 9.91. The monoisotopic (exact) mass is 497 g/mol. The highest BCUT2D eigenvalue weighted by Gasteiger charge is 2.47. The van der Waals surface area contributed by atoms with E-state index in [1.54, 1.807) is 30.4 Å². The van der Waals surface area contributed by atoms with Crippen LogP contribution < -0.4 is 0 Å². The number of ketones is 1. The van der Waals surface area contributed by atoms with Crippen LogP contribution in [0.25, 0.3) is 11.4 Å². The Labute approximate surface area is 208 Å². The van der Waals surface area contributed by atoms with E-state index in [1.165, 1.54) is 11.8 Å². The Balaban J connectivity index is 1.58. The van der Waals surface area contributed by atoms with Gasteiger partial charge in [-0.15, -0.1) is 10.2 Å². The van der Waals surface area contributed by atoms with Gasteiger partial charge in [0.15, 0.2) is 16.8 Å². The highest BCUT2D eigenvalue weighted by atomic mass is 35.5. The van der Waals surface area contributed by atoms with E-state index in [0.717, 1.165) is 37.2 Å². The molecule has 1 aromatic carbocycles. The standard InChI is InChI=1S/C25H28ClN5O2S/c1-3-16-31-23(18-11-14-27-15-12-18)28-29-24(31)34-17-22(33)30(2)25(13-7-6-10-21(25)32)19-8-4-5-9-20(19)26/h4-5,8-9,11-12,14-15H,3,6-7,10,13,16-17H2,1-2H3. The molecule has 0 saturated heterocycles. The lowest BCUT2D eigenvalue weighted by atomic mass is 9.74. The summed E-state index contributed by atoms with van der Waals surface area (Å²) >= 11 is 7.87. The first-order valence-electron chi connectivity index (χ1n) is 11.5. The van der Waals surface area contributed by atoms with Crippen molar-refractivity contribution in [3.05, 3.63) is 59.4 Å². The third-order valence-corrected chi connectivity index (χ3v) is 7.63. The normalized spacial score (nSPS) is 18.1. The lowest BCUT2D eigenvalue weighted by Gasteiger charge is -2.44. The molecular formula is C25H28ClN5O2S. The Bertz CT molecular complexity index is 1170. The third-order valence-electron chi connectivity index (χ3n) is 6.35. The van der Waals surface area contributed by atoms with Crippen LogP contribution in [0.3, 0.4) is 0 Å². The summed E-state index contributed by atoms with van der Waals surface area (Å²) in [5.41, 5.74) is 0.598. The fourth-order valence-electron chi connectivity index (χ4n) is 4.60. The number of benzene rings is 1. The van der Waals surface area contributed by atoms with Gasteiger partial charge in [-0.2, -0.15) is 0 Å². The van der Waals surface area contributed by atoms with Crippen molar-refractivity contribution < 1.29 is 9.59 Å². The van der Waals surface area contributed by atoms with Crippen molar-refractivity contribution in [2.45, 2.75) is 56.3 Å². The number of hydrogen-bond acceptors (Lipinski definition) is 6. The van der Waals surface area contributed by atoms with Gasteiger partial charge in [-0.3, -0.25) is 14.6 Å². The minimum absolute atomic E-state index is 0.0434. The second-order valence-electron chi connectivity index (χ2n) is 8.41. The lowest BCUT2D eigenvalue weighted by Crippen LogP contribution is -2.54. The summed E-state index contributed by atoms with van der Waals surface area (Å²) in [6.45, 7) is 2.82. The first-order chi connectivity index (χ1) is 16.5. The number of pyridine rings is 1. The average molecular weight is 498 g/mol. The number of rotatable bonds is 8. The van der Waals surface area contributed by atoms with Crippen LogP contribution in [0.15, 0.2) is 53.9 Å². The number of Topliss-reactive ketones (excluding diaryl/α,β-unsaturated/α-hetero) is 1. The van der Waals surface area contributed by atoms with Gasteiger partial charge in [-0.25, -0.2) is 0 Å². The van der Waals surface area contributed by atoms with Crippen molar-refractivity contribution in [1.82, 2.24) is 24.6 Å². The maximum Gasteiger partial charge on any atom is 0.233 e. The molecule has 0 spiro atoms. The van der Waals surface area contributed by atoms with Crippen molar-refractivity contribution in [1.29, 1.82) is 0 Å². The van der Waals surface area contributed by atoms with Gasteiger partial charge in [0.25, 0.3) is 0 Å². The molecule has 1 saturated carbocycles. The van der Waals surface area contributed by atoms with Crippen LogP contribution in [0.5, 0.6) is 0 Å². The van der Waals surface area contributed by atoms with Gasteiger partial charge in [0.2, 0.25) is 5.91 Å². The fourth-order valence-corrected chi connectivity index (χ4v) is 5.77. The molecule has 0 N–H and O–H groups in total. The SMILES string of the molecule is CCCn1c(SCC(=O)N(C)C2(c3ccccc3Cl)CCCCC2=O)nnc1-c1ccncc1. The molecule has 1 aliphatic carbocycles. The molecule has 0 bridgehead atoms. The van der Waals surface area contributed by atoms with Crippen molar-refractivity contribution in [3.63, 3.8) is 0 Å². The predicted molar refractivity (Wildman–Crippen MR) is 134 cm³/mol. The average Bonchev–Trinajstić information content (AvgIpc) is 3.26. The van der Waals surface area contributed by atoms with E-state index >= 15 is 0 Å². The highest BCUT2D eigenvalue weighted by molar-refractivity contribution is 7.99. The molecule has 1 aliphatic rings. The van der Waals surface area contributed by atoms with Crippen LogP contribution in [0, 0.1) is 0 Å². The molecule has 1 unspecified atom stereocenters. The molecule has 2 heterocycles. The van der Waals surface area contributed by atoms with Gasteiger partial charge in [-0.05, 0) is 43.9 Å². The van der Waals surface area contributed by atoms with E-state index in [4.69, 9.17) is 11.6 Å². The van der Waals surface area contributed by atoms with Gasteiger partial charge in [-0.1, -0.05) is 48.5 Å². The smallest absolute Gasteiger partial charge is 0.233 e. The minimum atomic E-state index is -1.03. The molecule has 178 valence electrons. The topological polar surface area (TPSA) is 81.0 Å². The molecule has 0 aliphatic heterocycles. The third kappa shape index (κ3) is 4.61. The number of carbonyl (C=O) groups is 2. The quantitative estimate of drug-likeness (QED) is 0.408. The minimum Gasteiger partial charge on any atom is -0.328 e. The summed E-state index contributed by atoms with van der Waals surface area (Å²) in [6.07, 6.45) is 7.06. The van der Waals surface area contributed by atoms with E-state index in [9.17, 15) is 9.59 Å². The molecule has 9 heteroatoms. The summed E-state index contributed by atoms with van der Waals surface area (Å²) in [4.78, 5) is 32.4. The van der Waals surface area contributed by atoms with Crippen molar-refractivity contribution in [3.8, 4) is 11.4 Å². The number of carbonyl (C=O) groups excluding carboxylic acids is 2. The van der Waals surface area contributed by atoms with Crippen LogP contribution in [0.4, 0.5) is 0 Å². The molecule has 4 rings (SSSR count).